The number of nitrogens with zero attached hydrogens (tertiary/aromatic N) is 2. The number of carboxylic acid groups (broad SMARTS) is 1. The molecular weight excluding hydrogens is 363 g/mol. The standard InChI is InChI=1S/C21H17FN2O4/c1-21(2,20(26)27)24-17(11-23)18(12-5-4-6-13(22)9-12)16-10-14(28-3)7-8-15(16)19(24)25/h4-10H,1-3H3,(H,26,27). The van der Waals surface area contributed by atoms with Crippen molar-refractivity contribution in [2.24, 2.45) is 0 Å². The number of ether oxygens (including phenoxy) is 1. The van der Waals surface area contributed by atoms with Crippen LogP contribution in [0.4, 0.5) is 4.39 Å². The van der Waals surface area contributed by atoms with Gasteiger partial charge in [-0.1, -0.05) is 12.1 Å². The summed E-state index contributed by atoms with van der Waals surface area (Å²) in [6.45, 7) is 2.67. The zero-order valence-electron chi connectivity index (χ0n) is 15.5. The molecule has 0 radical (unpaired) electrons. The van der Waals surface area contributed by atoms with E-state index in [2.05, 4.69) is 0 Å². The third-order valence-electron chi connectivity index (χ3n) is 4.69. The van der Waals surface area contributed by atoms with Crippen molar-refractivity contribution >= 4 is 16.7 Å². The molecule has 1 heterocycles. The average Bonchev–Trinajstić information content (AvgIpc) is 2.66. The summed E-state index contributed by atoms with van der Waals surface area (Å²) in [5, 5.41) is 20.1. The lowest BCUT2D eigenvalue weighted by Crippen LogP contribution is -2.44. The third-order valence-corrected chi connectivity index (χ3v) is 4.69. The van der Waals surface area contributed by atoms with Crippen LogP contribution in [0.3, 0.4) is 0 Å². The van der Waals surface area contributed by atoms with Crippen molar-refractivity contribution in [3.05, 3.63) is 64.3 Å². The van der Waals surface area contributed by atoms with Gasteiger partial charge in [0.25, 0.3) is 5.56 Å². The van der Waals surface area contributed by atoms with Crippen molar-refractivity contribution in [1.29, 1.82) is 5.26 Å². The molecule has 0 atom stereocenters. The normalized spacial score (nSPS) is 11.2. The largest absolute Gasteiger partial charge is 0.497 e. The van der Waals surface area contributed by atoms with E-state index in [0.29, 0.717) is 16.7 Å². The number of hydrogen-bond acceptors (Lipinski definition) is 4. The molecule has 142 valence electrons. The Hall–Kier alpha value is -3.66. The first-order valence-corrected chi connectivity index (χ1v) is 8.39. The molecule has 28 heavy (non-hydrogen) atoms. The maximum atomic E-state index is 13.9. The van der Waals surface area contributed by atoms with Gasteiger partial charge in [0.2, 0.25) is 0 Å². The Morgan fingerprint density at radius 2 is 1.93 bits per heavy atom. The molecule has 0 aliphatic heterocycles. The molecule has 0 unspecified atom stereocenters. The molecular formula is C21H17FN2O4. The van der Waals surface area contributed by atoms with Crippen LogP contribution in [-0.2, 0) is 10.3 Å². The summed E-state index contributed by atoms with van der Waals surface area (Å²) in [6.07, 6.45) is 0. The number of fused-ring (bicyclic) bond motifs is 1. The zero-order valence-corrected chi connectivity index (χ0v) is 15.5. The summed E-state index contributed by atoms with van der Waals surface area (Å²) in [6, 6.07) is 12.2. The van der Waals surface area contributed by atoms with E-state index in [1.165, 1.54) is 45.2 Å². The highest BCUT2D eigenvalue weighted by molar-refractivity contribution is 5.99. The number of benzene rings is 2. The van der Waals surface area contributed by atoms with Gasteiger partial charge in [-0.2, -0.15) is 5.26 Å². The van der Waals surface area contributed by atoms with Gasteiger partial charge in [0.05, 0.1) is 7.11 Å². The van der Waals surface area contributed by atoms with Crippen LogP contribution in [0, 0.1) is 17.1 Å². The Labute approximate surface area is 160 Å². The molecule has 1 aromatic heterocycles. The van der Waals surface area contributed by atoms with Crippen molar-refractivity contribution in [3.8, 4) is 22.9 Å². The van der Waals surface area contributed by atoms with Gasteiger partial charge in [-0.25, -0.2) is 9.18 Å². The minimum Gasteiger partial charge on any atom is -0.497 e. The van der Waals surface area contributed by atoms with E-state index >= 15 is 0 Å². The first-order chi connectivity index (χ1) is 13.2. The highest BCUT2D eigenvalue weighted by Crippen LogP contribution is 2.34. The fourth-order valence-electron chi connectivity index (χ4n) is 3.18. The maximum Gasteiger partial charge on any atom is 0.329 e. The quantitative estimate of drug-likeness (QED) is 0.748. The maximum absolute atomic E-state index is 13.9. The number of halogens is 1. The van der Waals surface area contributed by atoms with Crippen LogP contribution in [0.2, 0.25) is 0 Å². The summed E-state index contributed by atoms with van der Waals surface area (Å²) in [4.78, 5) is 25.0. The molecule has 0 saturated carbocycles. The molecule has 0 spiro atoms. The van der Waals surface area contributed by atoms with Crippen LogP contribution < -0.4 is 10.3 Å². The van der Waals surface area contributed by atoms with Crippen LogP contribution in [0.25, 0.3) is 21.9 Å². The molecule has 0 aliphatic rings. The number of aliphatic carboxylic acids is 1. The molecule has 6 nitrogen and oxygen atoms in total. The van der Waals surface area contributed by atoms with E-state index in [-0.39, 0.29) is 16.6 Å². The zero-order chi connectivity index (χ0) is 20.6. The van der Waals surface area contributed by atoms with E-state index in [0.717, 1.165) is 4.57 Å². The molecule has 3 aromatic rings. The number of rotatable bonds is 4. The molecule has 0 saturated heterocycles. The topological polar surface area (TPSA) is 92.3 Å². The van der Waals surface area contributed by atoms with Crippen LogP contribution in [0.1, 0.15) is 19.5 Å². The van der Waals surface area contributed by atoms with Gasteiger partial charge in [-0.05, 0) is 49.7 Å². The van der Waals surface area contributed by atoms with Crippen molar-refractivity contribution in [2.45, 2.75) is 19.4 Å². The molecule has 3 rings (SSSR count). The lowest BCUT2D eigenvalue weighted by molar-refractivity contribution is -0.145. The van der Waals surface area contributed by atoms with Gasteiger partial charge < -0.3 is 9.84 Å². The second-order valence-electron chi connectivity index (χ2n) is 6.76. The Kier molecular flexibility index (Phi) is 4.65. The van der Waals surface area contributed by atoms with E-state index in [4.69, 9.17) is 4.74 Å². The minimum absolute atomic E-state index is 0.163. The summed E-state index contributed by atoms with van der Waals surface area (Å²) >= 11 is 0. The highest BCUT2D eigenvalue weighted by Gasteiger charge is 2.35. The van der Waals surface area contributed by atoms with E-state index in [1.807, 2.05) is 6.07 Å². The summed E-state index contributed by atoms with van der Waals surface area (Å²) in [5.74, 6) is -1.35. The second-order valence-corrected chi connectivity index (χ2v) is 6.76. The first kappa shape index (κ1) is 19.1. The van der Waals surface area contributed by atoms with Crippen LogP contribution in [0.15, 0.2) is 47.3 Å². The predicted octanol–water partition coefficient (Wildman–Crippen LogP) is 3.51. The first-order valence-electron chi connectivity index (χ1n) is 8.39. The van der Waals surface area contributed by atoms with Crippen LogP contribution in [-0.4, -0.2) is 22.8 Å². The van der Waals surface area contributed by atoms with Crippen molar-refractivity contribution in [2.75, 3.05) is 7.11 Å². The van der Waals surface area contributed by atoms with E-state index < -0.39 is 22.9 Å². The number of hydrogen-bond donors (Lipinski definition) is 1. The van der Waals surface area contributed by atoms with Gasteiger partial charge in [0.15, 0.2) is 0 Å². The Morgan fingerprint density at radius 3 is 2.50 bits per heavy atom. The molecule has 1 N–H and O–H groups in total. The fraction of sp³-hybridized carbons (Fsp3) is 0.190. The van der Waals surface area contributed by atoms with Gasteiger partial charge in [-0.3, -0.25) is 9.36 Å². The van der Waals surface area contributed by atoms with E-state index in [9.17, 15) is 24.3 Å². The van der Waals surface area contributed by atoms with Crippen LogP contribution in [0.5, 0.6) is 5.75 Å². The number of nitriles is 1. The second kappa shape index (κ2) is 6.82. The Balaban J connectivity index is 2.62. The molecule has 0 amide bonds. The minimum atomic E-state index is -1.70. The van der Waals surface area contributed by atoms with Gasteiger partial charge in [-0.15, -0.1) is 0 Å². The van der Waals surface area contributed by atoms with Crippen LogP contribution >= 0.6 is 0 Å². The van der Waals surface area contributed by atoms with Gasteiger partial charge in [0.1, 0.15) is 28.9 Å². The van der Waals surface area contributed by atoms with Crippen molar-refractivity contribution in [1.82, 2.24) is 4.57 Å². The SMILES string of the molecule is COc1ccc2c(=O)n(C(C)(C)C(=O)O)c(C#N)c(-c3cccc(F)c3)c2c1. The molecule has 2 aromatic carbocycles. The number of carbonyl (C=O) groups is 1. The Bertz CT molecular complexity index is 1210. The number of methoxy groups -OCH3 is 1. The average molecular weight is 380 g/mol. The van der Waals surface area contributed by atoms with Crippen molar-refractivity contribution in [3.63, 3.8) is 0 Å². The molecule has 0 fully saturated rings. The monoisotopic (exact) mass is 380 g/mol. The number of pyridine rings is 1. The van der Waals surface area contributed by atoms with Gasteiger partial charge >= 0.3 is 5.97 Å². The fourth-order valence-corrected chi connectivity index (χ4v) is 3.18. The third kappa shape index (κ3) is 2.89. The lowest BCUT2D eigenvalue weighted by Gasteiger charge is -2.26. The predicted molar refractivity (Wildman–Crippen MR) is 102 cm³/mol. The van der Waals surface area contributed by atoms with Gasteiger partial charge in [0, 0.05) is 16.3 Å². The summed E-state index contributed by atoms with van der Waals surface area (Å²) < 4.78 is 20.1. The van der Waals surface area contributed by atoms with Crippen molar-refractivity contribution < 1.29 is 19.0 Å². The number of carboxylic acids is 1. The molecule has 0 bridgehead atoms. The Morgan fingerprint density at radius 1 is 1.21 bits per heavy atom. The molecule has 0 aliphatic carbocycles. The lowest BCUT2D eigenvalue weighted by atomic mass is 9.94. The van der Waals surface area contributed by atoms with E-state index in [1.54, 1.807) is 18.2 Å². The highest BCUT2D eigenvalue weighted by atomic mass is 19.1. The summed E-state index contributed by atoms with van der Waals surface area (Å²) in [7, 11) is 1.46. The summed E-state index contributed by atoms with van der Waals surface area (Å²) in [5.41, 5.74) is -1.86. The number of aromatic nitrogens is 1. The smallest absolute Gasteiger partial charge is 0.329 e. The molecule has 7 heteroatoms.